The summed E-state index contributed by atoms with van der Waals surface area (Å²) in [6.45, 7) is 2.21. The van der Waals surface area contributed by atoms with E-state index in [9.17, 15) is 4.39 Å². The molecule has 0 saturated heterocycles. The molecule has 5 heteroatoms. The third-order valence-electron chi connectivity index (χ3n) is 3.19. The molecular formula is C16H17ClFNO2. The quantitative estimate of drug-likeness (QED) is 0.887. The van der Waals surface area contributed by atoms with E-state index in [4.69, 9.17) is 21.1 Å². The normalized spacial score (nSPS) is 10.3. The summed E-state index contributed by atoms with van der Waals surface area (Å²) in [5, 5.41) is 3.67. The summed E-state index contributed by atoms with van der Waals surface area (Å²) >= 11 is 6.05. The molecule has 1 N–H and O–H groups in total. The summed E-state index contributed by atoms with van der Waals surface area (Å²) < 4.78 is 24.0. The van der Waals surface area contributed by atoms with Crippen LogP contribution in [0.15, 0.2) is 30.3 Å². The van der Waals surface area contributed by atoms with Crippen LogP contribution in [0.4, 0.5) is 10.1 Å². The zero-order valence-corrected chi connectivity index (χ0v) is 12.9. The van der Waals surface area contributed by atoms with Crippen LogP contribution in [0.25, 0.3) is 0 Å². The van der Waals surface area contributed by atoms with Crippen molar-refractivity contribution in [3.8, 4) is 11.5 Å². The minimum atomic E-state index is -0.213. The number of hydrogen-bond donors (Lipinski definition) is 1. The minimum absolute atomic E-state index is 0.213. The average molecular weight is 310 g/mol. The Morgan fingerprint density at radius 1 is 1.10 bits per heavy atom. The average Bonchev–Trinajstić information content (AvgIpc) is 2.48. The van der Waals surface area contributed by atoms with Gasteiger partial charge in [0.25, 0.3) is 0 Å². The van der Waals surface area contributed by atoms with E-state index < -0.39 is 0 Å². The maximum Gasteiger partial charge on any atom is 0.143 e. The SMILES string of the molecule is COc1cc(NCc2ccc(C)c(F)c2)c(OC)cc1Cl. The van der Waals surface area contributed by atoms with E-state index in [2.05, 4.69) is 5.32 Å². The van der Waals surface area contributed by atoms with Gasteiger partial charge in [0.2, 0.25) is 0 Å². The van der Waals surface area contributed by atoms with Crippen molar-refractivity contribution in [3.63, 3.8) is 0 Å². The van der Waals surface area contributed by atoms with Crippen LogP contribution in [-0.2, 0) is 6.54 Å². The van der Waals surface area contributed by atoms with Gasteiger partial charge in [0.1, 0.15) is 17.3 Å². The Morgan fingerprint density at radius 2 is 1.81 bits per heavy atom. The van der Waals surface area contributed by atoms with E-state index in [-0.39, 0.29) is 5.82 Å². The molecule has 0 atom stereocenters. The summed E-state index contributed by atoms with van der Waals surface area (Å²) in [5.74, 6) is 0.943. The van der Waals surface area contributed by atoms with Gasteiger partial charge in [-0.1, -0.05) is 23.7 Å². The number of benzene rings is 2. The van der Waals surface area contributed by atoms with Crippen molar-refractivity contribution < 1.29 is 13.9 Å². The van der Waals surface area contributed by atoms with Gasteiger partial charge in [0.15, 0.2) is 0 Å². The van der Waals surface area contributed by atoms with Gasteiger partial charge >= 0.3 is 0 Å². The molecule has 112 valence electrons. The van der Waals surface area contributed by atoms with Gasteiger partial charge in [0, 0.05) is 18.7 Å². The Hall–Kier alpha value is -1.94. The van der Waals surface area contributed by atoms with E-state index in [1.807, 2.05) is 6.07 Å². The Morgan fingerprint density at radius 3 is 2.43 bits per heavy atom. The van der Waals surface area contributed by atoms with Crippen molar-refractivity contribution in [1.82, 2.24) is 0 Å². The molecule has 0 aliphatic rings. The van der Waals surface area contributed by atoms with Crippen molar-refractivity contribution >= 4 is 17.3 Å². The van der Waals surface area contributed by atoms with E-state index >= 15 is 0 Å². The predicted molar refractivity (Wildman–Crippen MR) is 83.0 cm³/mol. The highest BCUT2D eigenvalue weighted by Gasteiger charge is 2.10. The smallest absolute Gasteiger partial charge is 0.143 e. The van der Waals surface area contributed by atoms with E-state index in [0.29, 0.717) is 28.6 Å². The minimum Gasteiger partial charge on any atom is -0.495 e. The molecule has 0 bridgehead atoms. The van der Waals surface area contributed by atoms with Crippen molar-refractivity contribution in [2.45, 2.75) is 13.5 Å². The summed E-state index contributed by atoms with van der Waals surface area (Å²) in [6.07, 6.45) is 0. The van der Waals surface area contributed by atoms with Gasteiger partial charge in [-0.15, -0.1) is 0 Å². The van der Waals surface area contributed by atoms with Gasteiger partial charge in [0.05, 0.1) is 24.9 Å². The number of nitrogens with one attached hydrogen (secondary N) is 1. The summed E-state index contributed by atoms with van der Waals surface area (Å²) in [6, 6.07) is 8.59. The fraction of sp³-hybridized carbons (Fsp3) is 0.250. The lowest BCUT2D eigenvalue weighted by Crippen LogP contribution is -2.03. The Labute approximate surface area is 128 Å². The highest BCUT2D eigenvalue weighted by Crippen LogP contribution is 2.36. The van der Waals surface area contributed by atoms with Crippen molar-refractivity contribution in [2.24, 2.45) is 0 Å². The second kappa shape index (κ2) is 6.68. The predicted octanol–water partition coefficient (Wildman–Crippen LogP) is 4.42. The summed E-state index contributed by atoms with van der Waals surface area (Å²) in [5.41, 5.74) is 2.21. The van der Waals surface area contributed by atoms with Crippen molar-refractivity contribution in [1.29, 1.82) is 0 Å². The van der Waals surface area contributed by atoms with Gasteiger partial charge in [-0.3, -0.25) is 0 Å². The molecule has 0 fully saturated rings. The first-order valence-corrected chi connectivity index (χ1v) is 6.83. The largest absolute Gasteiger partial charge is 0.495 e. The molecule has 0 radical (unpaired) electrons. The topological polar surface area (TPSA) is 30.5 Å². The maximum atomic E-state index is 13.5. The van der Waals surface area contributed by atoms with Gasteiger partial charge in [-0.25, -0.2) is 4.39 Å². The first kappa shape index (κ1) is 15.4. The van der Waals surface area contributed by atoms with Crippen LogP contribution in [0, 0.1) is 12.7 Å². The van der Waals surface area contributed by atoms with E-state index in [0.717, 1.165) is 11.3 Å². The third-order valence-corrected chi connectivity index (χ3v) is 3.49. The maximum absolute atomic E-state index is 13.5. The van der Waals surface area contributed by atoms with Crippen LogP contribution in [0.1, 0.15) is 11.1 Å². The molecule has 0 spiro atoms. The third kappa shape index (κ3) is 3.58. The fourth-order valence-electron chi connectivity index (χ4n) is 1.94. The van der Waals surface area contributed by atoms with Crippen LogP contribution in [0.2, 0.25) is 5.02 Å². The molecule has 2 aromatic rings. The molecule has 0 unspecified atom stereocenters. The zero-order chi connectivity index (χ0) is 15.4. The second-order valence-electron chi connectivity index (χ2n) is 4.62. The van der Waals surface area contributed by atoms with Gasteiger partial charge < -0.3 is 14.8 Å². The number of anilines is 1. The van der Waals surface area contributed by atoms with Gasteiger partial charge in [-0.05, 0) is 24.1 Å². The van der Waals surface area contributed by atoms with Crippen LogP contribution in [0.5, 0.6) is 11.5 Å². The summed E-state index contributed by atoms with van der Waals surface area (Å²) in [7, 11) is 3.11. The fourth-order valence-corrected chi connectivity index (χ4v) is 2.17. The number of ether oxygens (including phenoxy) is 2. The standard InChI is InChI=1S/C16H17ClFNO2/c1-10-4-5-11(6-13(10)18)9-19-14-8-15(20-2)12(17)7-16(14)21-3/h4-8,19H,9H2,1-3H3. The number of aryl methyl sites for hydroxylation is 1. The first-order chi connectivity index (χ1) is 10.0. The number of hydrogen-bond acceptors (Lipinski definition) is 3. The molecule has 2 aromatic carbocycles. The van der Waals surface area contributed by atoms with E-state index in [1.165, 1.54) is 6.07 Å². The van der Waals surface area contributed by atoms with Crippen LogP contribution in [0.3, 0.4) is 0 Å². The highest BCUT2D eigenvalue weighted by atomic mass is 35.5. The molecule has 21 heavy (non-hydrogen) atoms. The zero-order valence-electron chi connectivity index (χ0n) is 12.2. The lowest BCUT2D eigenvalue weighted by molar-refractivity contribution is 0.404. The lowest BCUT2D eigenvalue weighted by atomic mass is 10.1. The van der Waals surface area contributed by atoms with Crippen molar-refractivity contribution in [3.05, 3.63) is 52.3 Å². The van der Waals surface area contributed by atoms with Crippen LogP contribution in [-0.4, -0.2) is 14.2 Å². The van der Waals surface area contributed by atoms with Crippen LogP contribution < -0.4 is 14.8 Å². The summed E-state index contributed by atoms with van der Waals surface area (Å²) in [4.78, 5) is 0. The number of rotatable bonds is 5. The lowest BCUT2D eigenvalue weighted by Gasteiger charge is -2.14. The van der Waals surface area contributed by atoms with Gasteiger partial charge in [-0.2, -0.15) is 0 Å². The molecular weight excluding hydrogens is 293 g/mol. The molecule has 0 saturated carbocycles. The molecule has 0 aliphatic carbocycles. The molecule has 2 rings (SSSR count). The molecule has 0 amide bonds. The Balaban J connectivity index is 2.20. The van der Waals surface area contributed by atoms with Crippen LogP contribution >= 0.6 is 11.6 Å². The Kier molecular flexibility index (Phi) is 4.91. The number of methoxy groups -OCH3 is 2. The van der Waals surface area contributed by atoms with E-state index in [1.54, 1.807) is 39.3 Å². The molecule has 3 nitrogen and oxygen atoms in total. The second-order valence-corrected chi connectivity index (χ2v) is 5.03. The van der Waals surface area contributed by atoms with Crippen molar-refractivity contribution in [2.75, 3.05) is 19.5 Å². The highest BCUT2D eigenvalue weighted by molar-refractivity contribution is 6.32. The number of halogens is 2. The monoisotopic (exact) mass is 309 g/mol. The molecule has 0 aromatic heterocycles. The first-order valence-electron chi connectivity index (χ1n) is 6.45. The molecule has 0 heterocycles. The Bertz CT molecular complexity index is 646. The molecule has 0 aliphatic heterocycles.